The summed E-state index contributed by atoms with van der Waals surface area (Å²) in [6.07, 6.45) is 0. The summed E-state index contributed by atoms with van der Waals surface area (Å²) in [7, 11) is 0. The van der Waals surface area contributed by atoms with Gasteiger partial charge in [0.2, 0.25) is 0 Å². The highest BCUT2D eigenvalue weighted by Crippen LogP contribution is 2.66. The zero-order valence-corrected chi connectivity index (χ0v) is 45.3. The molecule has 5 heteroatoms. The molecule has 2 aliphatic rings. The summed E-state index contributed by atoms with van der Waals surface area (Å²) in [5.74, 6) is 0. The average molecular weight is 1070 g/mol. The van der Waals surface area contributed by atoms with Crippen molar-refractivity contribution in [2.24, 2.45) is 0 Å². The molecule has 84 heavy (non-hydrogen) atoms. The van der Waals surface area contributed by atoms with Gasteiger partial charge in [-0.3, -0.25) is 0 Å². The highest BCUT2D eigenvalue weighted by molar-refractivity contribution is 6.29. The van der Waals surface area contributed by atoms with Crippen molar-refractivity contribution < 1.29 is 8.83 Å². The van der Waals surface area contributed by atoms with E-state index in [-0.39, 0.29) is 0 Å². The van der Waals surface area contributed by atoms with Gasteiger partial charge in [0.15, 0.2) is 0 Å². The fraction of sp³-hybridized carbons (Fsp3) is 0.0127. The molecule has 0 saturated heterocycles. The Bertz CT molecular complexity index is 5530. The predicted octanol–water partition coefficient (Wildman–Crippen LogP) is 21.6. The molecule has 0 unspecified atom stereocenters. The number of anilines is 6. The quantitative estimate of drug-likeness (QED) is 0.159. The van der Waals surface area contributed by atoms with Crippen LogP contribution in [0.4, 0.5) is 34.1 Å². The summed E-state index contributed by atoms with van der Waals surface area (Å²) in [4.78, 5) is 4.74. The largest absolute Gasteiger partial charge is 0.456 e. The normalized spacial score (nSPS) is 13.1. The van der Waals surface area contributed by atoms with E-state index in [9.17, 15) is 0 Å². The lowest BCUT2D eigenvalue weighted by molar-refractivity contribution is 0.668. The molecule has 4 aromatic heterocycles. The minimum Gasteiger partial charge on any atom is -0.456 e. The molecule has 2 aliphatic carbocycles. The van der Waals surface area contributed by atoms with Crippen LogP contribution in [0.3, 0.4) is 0 Å². The van der Waals surface area contributed by atoms with Gasteiger partial charge in [0, 0.05) is 94.9 Å². The van der Waals surface area contributed by atoms with Gasteiger partial charge in [0.05, 0.1) is 22.0 Å². The summed E-state index contributed by atoms with van der Waals surface area (Å²) in [5, 5.41) is 9.45. The Morgan fingerprint density at radius 1 is 0.274 bits per heavy atom. The zero-order valence-electron chi connectivity index (χ0n) is 45.3. The summed E-state index contributed by atoms with van der Waals surface area (Å²) in [6.45, 7) is 0. The van der Waals surface area contributed by atoms with Gasteiger partial charge in [-0.25, -0.2) is 0 Å². The van der Waals surface area contributed by atoms with Crippen LogP contribution >= 0.6 is 0 Å². The summed E-state index contributed by atoms with van der Waals surface area (Å²) in [5.41, 5.74) is 25.3. The number of benzene rings is 13. The molecule has 0 bridgehead atoms. The van der Waals surface area contributed by atoms with E-state index in [1.807, 2.05) is 18.2 Å². The third-order valence-electron chi connectivity index (χ3n) is 18.5. The summed E-state index contributed by atoms with van der Waals surface area (Å²) < 4.78 is 15.7. The van der Waals surface area contributed by atoms with E-state index in [1.54, 1.807) is 0 Å². The van der Waals surface area contributed by atoms with Crippen molar-refractivity contribution in [3.05, 3.63) is 307 Å². The minimum absolute atomic E-state index is 0.696. The first-order valence-electron chi connectivity index (χ1n) is 28.9. The molecule has 0 radical (unpaired) electrons. The SMILES string of the molecule is c1ccc(N(c2ccc(-c3cc4c(c5c3c3cccc6c7ccccc7n5c63)-c3ccc(N(c5ccccc5)c5ccc6c(c5)oc5ccccc56)cc3C43c4ccccc4-c4ccccc43)cc2)c2ccc3c(c2)oc2ccccc23)cc1. The molecular formula is C79H47N3O2. The molecule has 0 fully saturated rings. The molecule has 0 N–H and O–H groups in total. The molecule has 13 aromatic carbocycles. The highest BCUT2D eigenvalue weighted by atomic mass is 16.3. The molecular weight excluding hydrogens is 1020 g/mol. The van der Waals surface area contributed by atoms with Crippen molar-refractivity contribution in [3.8, 4) is 33.4 Å². The highest BCUT2D eigenvalue weighted by Gasteiger charge is 2.53. The number of nitrogens with zero attached hydrogens (tertiary/aromatic N) is 3. The standard InChI is InChI=1S/C79H47N3O2/c1-3-18-49(19-4-1)80(53-38-41-60-58-25-10-15-32-71(58)83-73(60)45-53)51-36-34-48(35-37-51)65-47-69-76(78-75(65)64-28-17-27-62-57-24-9-14-31-70(57)82(78)77(62)64)63-43-40-52(44-68(63)79(69)66-29-12-7-22-55(66)56-23-8-13-30-67(56)79)81(50-20-5-2-6-21-50)54-39-42-61-59-26-11-16-33-72(59)84-74(61)46-54/h1-47H. The van der Waals surface area contributed by atoms with Crippen LogP contribution in [0.5, 0.6) is 0 Å². The Balaban J connectivity index is 0.885. The van der Waals surface area contributed by atoms with E-state index < -0.39 is 5.41 Å². The second kappa shape index (κ2) is 17.0. The molecule has 19 rings (SSSR count). The smallest absolute Gasteiger partial charge is 0.137 e. The lowest BCUT2D eigenvalue weighted by Gasteiger charge is -2.32. The maximum atomic E-state index is 6.60. The maximum Gasteiger partial charge on any atom is 0.137 e. The Kier molecular flexibility index (Phi) is 9.20. The van der Waals surface area contributed by atoms with E-state index in [0.29, 0.717) is 0 Å². The lowest BCUT2D eigenvalue weighted by atomic mass is 9.70. The number of para-hydroxylation sites is 6. The Morgan fingerprint density at radius 3 is 1.39 bits per heavy atom. The maximum absolute atomic E-state index is 6.60. The Labute approximate surface area is 482 Å². The summed E-state index contributed by atoms with van der Waals surface area (Å²) in [6, 6.07) is 105. The van der Waals surface area contributed by atoms with Gasteiger partial charge in [-0.2, -0.15) is 0 Å². The topological polar surface area (TPSA) is 37.2 Å². The van der Waals surface area contributed by atoms with Crippen LogP contribution in [-0.2, 0) is 5.41 Å². The van der Waals surface area contributed by atoms with E-state index in [4.69, 9.17) is 8.83 Å². The van der Waals surface area contributed by atoms with Crippen LogP contribution in [-0.4, -0.2) is 4.40 Å². The second-order valence-corrected chi connectivity index (χ2v) is 22.6. The second-order valence-electron chi connectivity index (χ2n) is 22.6. The average Bonchev–Trinajstić information content (AvgIpc) is 1.61. The number of furan rings is 2. The van der Waals surface area contributed by atoms with Crippen molar-refractivity contribution in [3.63, 3.8) is 0 Å². The molecule has 5 nitrogen and oxygen atoms in total. The van der Waals surface area contributed by atoms with Crippen molar-refractivity contribution in [1.82, 2.24) is 4.40 Å². The van der Waals surface area contributed by atoms with Crippen LogP contribution in [0.15, 0.2) is 294 Å². The van der Waals surface area contributed by atoms with Gasteiger partial charge < -0.3 is 23.0 Å². The van der Waals surface area contributed by atoms with E-state index in [0.717, 1.165) is 83.6 Å². The van der Waals surface area contributed by atoms with Crippen LogP contribution in [0.1, 0.15) is 22.3 Å². The Morgan fingerprint density at radius 2 is 0.750 bits per heavy atom. The van der Waals surface area contributed by atoms with Crippen molar-refractivity contribution >= 4 is 116 Å². The fourth-order valence-electron chi connectivity index (χ4n) is 15.1. The fourth-order valence-corrected chi connectivity index (χ4v) is 15.1. The number of hydrogen-bond acceptors (Lipinski definition) is 4. The number of fused-ring (bicyclic) bond motifs is 23. The monoisotopic (exact) mass is 1070 g/mol. The molecule has 0 saturated carbocycles. The van der Waals surface area contributed by atoms with Gasteiger partial charge in [-0.05, 0) is 147 Å². The minimum atomic E-state index is -0.696. The zero-order chi connectivity index (χ0) is 54.8. The van der Waals surface area contributed by atoms with Gasteiger partial charge in [-0.15, -0.1) is 0 Å². The van der Waals surface area contributed by atoms with Crippen LogP contribution in [0.25, 0.3) is 115 Å². The molecule has 390 valence electrons. The van der Waals surface area contributed by atoms with Crippen LogP contribution in [0.2, 0.25) is 0 Å². The Hall–Kier alpha value is -11.1. The third kappa shape index (κ3) is 6.06. The first-order chi connectivity index (χ1) is 41.7. The van der Waals surface area contributed by atoms with E-state index in [1.165, 1.54) is 88.2 Å². The molecule has 0 atom stereocenters. The first-order valence-corrected chi connectivity index (χ1v) is 28.9. The van der Waals surface area contributed by atoms with Crippen molar-refractivity contribution in [2.45, 2.75) is 5.41 Å². The van der Waals surface area contributed by atoms with Gasteiger partial charge >= 0.3 is 0 Å². The van der Waals surface area contributed by atoms with Gasteiger partial charge in [0.25, 0.3) is 0 Å². The number of hydrogen-bond donors (Lipinski definition) is 0. The number of rotatable bonds is 7. The molecule has 0 amide bonds. The summed E-state index contributed by atoms with van der Waals surface area (Å²) >= 11 is 0. The van der Waals surface area contributed by atoms with Gasteiger partial charge in [0.1, 0.15) is 22.3 Å². The van der Waals surface area contributed by atoms with Crippen molar-refractivity contribution in [2.75, 3.05) is 9.80 Å². The van der Waals surface area contributed by atoms with E-state index >= 15 is 0 Å². The molecule has 17 aromatic rings. The molecule has 4 heterocycles. The molecule has 0 aliphatic heterocycles. The number of aromatic nitrogens is 1. The van der Waals surface area contributed by atoms with E-state index in [2.05, 4.69) is 281 Å². The van der Waals surface area contributed by atoms with Crippen LogP contribution < -0.4 is 9.80 Å². The third-order valence-corrected chi connectivity index (χ3v) is 18.5. The lowest BCUT2D eigenvalue weighted by Crippen LogP contribution is -2.26. The van der Waals surface area contributed by atoms with Crippen molar-refractivity contribution in [1.29, 1.82) is 0 Å². The van der Waals surface area contributed by atoms with Crippen LogP contribution in [0, 0.1) is 0 Å². The first kappa shape index (κ1) is 45.6. The van der Waals surface area contributed by atoms with Gasteiger partial charge in [-0.1, -0.05) is 176 Å². The molecule has 1 spiro atoms. The predicted molar refractivity (Wildman–Crippen MR) is 347 cm³/mol.